The summed E-state index contributed by atoms with van der Waals surface area (Å²) < 4.78 is 49.0. The summed E-state index contributed by atoms with van der Waals surface area (Å²) in [6.45, 7) is 3.84. The maximum absolute atomic E-state index is 12.8. The lowest BCUT2D eigenvalue weighted by Crippen LogP contribution is -2.13. The zero-order valence-electron chi connectivity index (χ0n) is 12.5. The van der Waals surface area contributed by atoms with Crippen LogP contribution in [0.1, 0.15) is 45.1 Å². The zero-order valence-corrected chi connectivity index (χ0v) is 12.5. The molecule has 1 nitrogen and oxygen atoms in total. The Balaban J connectivity index is 0.000000219. The second kappa shape index (κ2) is 8.90. The molecule has 1 aromatic rings. The Labute approximate surface area is 123 Å². The number of rotatable bonds is 3. The molecule has 2 rings (SSSR count). The van der Waals surface area contributed by atoms with Gasteiger partial charge in [0.25, 0.3) is 0 Å². The smallest absolute Gasteiger partial charge is 0.210 e. The van der Waals surface area contributed by atoms with E-state index in [4.69, 9.17) is 0 Å². The molecule has 0 amide bonds. The number of hydrogen-bond acceptors (Lipinski definition) is 1. The van der Waals surface area contributed by atoms with E-state index in [1.807, 2.05) is 0 Å². The highest BCUT2D eigenvalue weighted by Crippen LogP contribution is 2.28. The molecule has 0 aliphatic heterocycles. The molecule has 21 heavy (non-hydrogen) atoms. The average molecular weight is 306 g/mol. The van der Waals surface area contributed by atoms with Crippen LogP contribution in [-0.4, -0.2) is 6.67 Å². The van der Waals surface area contributed by atoms with Gasteiger partial charge in [-0.2, -0.15) is 4.39 Å². The summed E-state index contributed by atoms with van der Waals surface area (Å²) in [4.78, 5) is 3.11. The van der Waals surface area contributed by atoms with Crippen molar-refractivity contribution in [3.05, 3.63) is 29.3 Å². The molecule has 1 aromatic carbocycles. The van der Waals surface area contributed by atoms with Crippen molar-refractivity contribution in [1.29, 1.82) is 0 Å². The van der Waals surface area contributed by atoms with Gasteiger partial charge in [-0.05, 0) is 42.7 Å². The summed E-state index contributed by atoms with van der Waals surface area (Å²) in [7, 11) is 0. The summed E-state index contributed by atoms with van der Waals surface area (Å²) in [6, 6.07) is 2.34. The van der Waals surface area contributed by atoms with E-state index >= 15 is 0 Å². The molecule has 1 aliphatic rings. The van der Waals surface area contributed by atoms with Crippen LogP contribution in [0.2, 0.25) is 0 Å². The van der Waals surface area contributed by atoms with E-state index in [9.17, 15) is 17.7 Å². The van der Waals surface area contributed by atoms with Crippen LogP contribution in [-0.2, 0) is 6.42 Å². The van der Waals surface area contributed by atoms with Crippen LogP contribution in [0.4, 0.5) is 17.7 Å². The van der Waals surface area contributed by atoms with Gasteiger partial charge < -0.3 is 0 Å². The Morgan fingerprint density at radius 3 is 2.19 bits per heavy atom. The largest absolute Gasteiger partial charge is 0.291 e. The van der Waals surface area contributed by atoms with Crippen LogP contribution in [0.25, 0.3) is 0 Å². The Bertz CT molecular complexity index is 400. The van der Waals surface area contributed by atoms with E-state index in [0.29, 0.717) is 12.3 Å². The predicted molar refractivity (Wildman–Crippen MR) is 74.6 cm³/mol. The van der Waals surface area contributed by atoms with Crippen LogP contribution in [0.3, 0.4) is 0 Å². The van der Waals surface area contributed by atoms with Crippen molar-refractivity contribution in [2.24, 2.45) is 11.8 Å². The summed E-state index contributed by atoms with van der Waals surface area (Å²) in [5.41, 5.74) is 0.202. The van der Waals surface area contributed by atoms with Crippen molar-refractivity contribution >= 4 is 0 Å². The van der Waals surface area contributed by atoms with E-state index in [0.717, 1.165) is 24.8 Å². The van der Waals surface area contributed by atoms with Gasteiger partial charge in [-0.25, -0.2) is 4.39 Å². The maximum Gasteiger partial charge on any atom is 0.210 e. The number of aryl methyl sites for hydroxylation is 1. The van der Waals surface area contributed by atoms with E-state index in [2.05, 4.69) is 11.9 Å². The van der Waals surface area contributed by atoms with Crippen LogP contribution >= 0.6 is 0 Å². The van der Waals surface area contributed by atoms with Gasteiger partial charge in [0.05, 0.1) is 6.67 Å². The summed E-state index contributed by atoms with van der Waals surface area (Å²) in [5, 5.41) is 0. The lowest BCUT2D eigenvalue weighted by atomic mass is 9.84. The van der Waals surface area contributed by atoms with Crippen molar-refractivity contribution in [3.8, 4) is 5.75 Å². The SMILES string of the molecule is CC1CCC(CF)CC1.CCc1ccc(OF)c(F)c1F. The van der Waals surface area contributed by atoms with E-state index in [1.54, 1.807) is 6.92 Å². The highest BCUT2D eigenvalue weighted by Gasteiger charge is 2.17. The second-order valence-electron chi connectivity index (χ2n) is 5.56. The molecule has 1 fully saturated rings. The standard InChI is InChI=1S/C8H7F3O.C8H15F/c1-2-5-3-4-6(12-11)8(10)7(5)9;1-7-2-4-8(6-9)5-3-7/h3-4H,2H2,1H3;7-8H,2-6H2,1H3. The Morgan fingerprint density at radius 1 is 1.10 bits per heavy atom. The summed E-state index contributed by atoms with van der Waals surface area (Å²) >= 11 is 0. The third kappa shape index (κ3) is 5.21. The van der Waals surface area contributed by atoms with Crippen molar-refractivity contribution in [1.82, 2.24) is 0 Å². The molecular formula is C16H22F4O. The third-order valence-corrected chi connectivity index (χ3v) is 3.94. The first-order valence-corrected chi connectivity index (χ1v) is 7.34. The van der Waals surface area contributed by atoms with Gasteiger partial charge in [0, 0.05) is 4.53 Å². The Kier molecular flexibility index (Phi) is 7.54. The molecule has 0 heterocycles. The first-order valence-electron chi connectivity index (χ1n) is 7.34. The maximum atomic E-state index is 12.8. The topological polar surface area (TPSA) is 9.23 Å². The molecule has 1 aliphatic carbocycles. The summed E-state index contributed by atoms with van der Waals surface area (Å²) in [5.74, 6) is -1.79. The third-order valence-electron chi connectivity index (χ3n) is 3.94. The molecule has 0 radical (unpaired) electrons. The number of alkyl halides is 1. The van der Waals surface area contributed by atoms with Gasteiger partial charge in [-0.1, -0.05) is 32.8 Å². The van der Waals surface area contributed by atoms with Gasteiger partial charge in [0.2, 0.25) is 11.6 Å². The first-order chi connectivity index (χ1) is 10.0. The molecule has 0 spiro atoms. The predicted octanol–water partition coefficient (Wildman–Crippen LogP) is 5.57. The minimum atomic E-state index is -1.28. The fraction of sp³-hybridized carbons (Fsp3) is 0.625. The van der Waals surface area contributed by atoms with Crippen molar-refractivity contribution in [3.63, 3.8) is 0 Å². The van der Waals surface area contributed by atoms with Crippen molar-refractivity contribution in [2.75, 3.05) is 6.67 Å². The van der Waals surface area contributed by atoms with Crippen LogP contribution in [0.15, 0.2) is 12.1 Å². The lowest BCUT2D eigenvalue weighted by molar-refractivity contribution is -0.0114. The van der Waals surface area contributed by atoms with Crippen molar-refractivity contribution < 1.29 is 22.6 Å². The number of hydrogen-bond donors (Lipinski definition) is 0. The molecule has 1 saturated carbocycles. The molecule has 0 saturated heterocycles. The molecule has 5 heteroatoms. The number of benzene rings is 1. The quantitative estimate of drug-likeness (QED) is 0.663. The van der Waals surface area contributed by atoms with Gasteiger partial charge >= 0.3 is 0 Å². The molecule has 0 N–H and O–H groups in total. The monoisotopic (exact) mass is 306 g/mol. The van der Waals surface area contributed by atoms with E-state index < -0.39 is 17.4 Å². The van der Waals surface area contributed by atoms with Crippen LogP contribution < -0.4 is 4.94 Å². The number of halogens is 4. The lowest BCUT2D eigenvalue weighted by Gasteiger charge is -2.23. The zero-order chi connectivity index (χ0) is 15.8. The molecular weight excluding hydrogens is 284 g/mol. The minimum absolute atomic E-state index is 0.0906. The van der Waals surface area contributed by atoms with Crippen LogP contribution in [0, 0.1) is 23.5 Å². The highest BCUT2D eigenvalue weighted by atomic mass is 19.3. The van der Waals surface area contributed by atoms with Gasteiger partial charge in [-0.15, -0.1) is 0 Å². The fourth-order valence-electron chi connectivity index (χ4n) is 2.39. The molecule has 120 valence electrons. The van der Waals surface area contributed by atoms with Gasteiger partial charge in [0.1, 0.15) is 0 Å². The van der Waals surface area contributed by atoms with E-state index in [1.165, 1.54) is 18.9 Å². The minimum Gasteiger partial charge on any atom is -0.291 e. The Hall–Kier alpha value is -1.26. The van der Waals surface area contributed by atoms with Gasteiger partial charge in [0.15, 0.2) is 5.82 Å². The van der Waals surface area contributed by atoms with Crippen LogP contribution in [0.5, 0.6) is 5.75 Å². The fourth-order valence-corrected chi connectivity index (χ4v) is 2.39. The van der Waals surface area contributed by atoms with Crippen molar-refractivity contribution in [2.45, 2.75) is 46.0 Å². The van der Waals surface area contributed by atoms with E-state index in [-0.39, 0.29) is 12.2 Å². The molecule has 0 bridgehead atoms. The van der Waals surface area contributed by atoms with Gasteiger partial charge in [-0.3, -0.25) is 9.33 Å². The average Bonchev–Trinajstić information content (AvgIpc) is 2.51. The first kappa shape index (κ1) is 17.8. The Morgan fingerprint density at radius 2 is 1.71 bits per heavy atom. The molecule has 0 aromatic heterocycles. The molecule has 0 unspecified atom stereocenters. The summed E-state index contributed by atoms with van der Waals surface area (Å²) in [6.07, 6.45) is 5.09. The normalized spacial score (nSPS) is 21.4. The molecule has 0 atom stereocenters. The second-order valence-corrected chi connectivity index (χ2v) is 5.56. The highest BCUT2D eigenvalue weighted by molar-refractivity contribution is 5.30.